The van der Waals surface area contributed by atoms with Crippen LogP contribution in [0.4, 0.5) is 5.69 Å². The molecule has 6 heteroatoms. The van der Waals surface area contributed by atoms with E-state index in [0.717, 1.165) is 16.6 Å². The Morgan fingerprint density at radius 1 is 1.44 bits per heavy atom. The van der Waals surface area contributed by atoms with Gasteiger partial charge in [0.25, 0.3) is 0 Å². The van der Waals surface area contributed by atoms with Crippen molar-refractivity contribution in [1.29, 1.82) is 5.41 Å². The van der Waals surface area contributed by atoms with Crippen LogP contribution in [0.3, 0.4) is 0 Å². The van der Waals surface area contributed by atoms with Crippen LogP contribution < -0.4 is 10.3 Å². The number of rotatable bonds is 3. The summed E-state index contributed by atoms with van der Waals surface area (Å²) in [6.45, 7) is 1.61. The number of hydrogen-bond donors (Lipinski definition) is 2. The Labute approximate surface area is 126 Å². The number of hydrogen-bond acceptors (Lipinski definition) is 2. The fraction of sp³-hybridized carbons (Fsp3) is 0.167. The number of aromatic nitrogens is 1. The predicted octanol–water partition coefficient (Wildman–Crippen LogP) is 3.05. The van der Waals surface area contributed by atoms with Crippen LogP contribution >= 0.6 is 19.7 Å². The van der Waals surface area contributed by atoms with Crippen LogP contribution in [0.2, 0.25) is 0 Å². The summed E-state index contributed by atoms with van der Waals surface area (Å²) < 4.78 is 0. The first kappa shape index (κ1) is 15.3. The zero-order chi connectivity index (χ0) is 13.5. The van der Waals surface area contributed by atoms with Gasteiger partial charge in [-0.1, -0.05) is 18.2 Å². The normalized spacial score (nSPS) is 9.50. The number of fused-ring (bicyclic) bond motifs is 1. The molecule has 0 aliphatic rings. The monoisotopic (exact) mass is 533 g/mol. The summed E-state index contributed by atoms with van der Waals surface area (Å²) in [5.74, 6) is -0.168. The van der Waals surface area contributed by atoms with E-state index in [1.807, 2.05) is 39.3 Å². The molecule has 0 saturated carbocycles. The van der Waals surface area contributed by atoms with Crippen molar-refractivity contribution >= 4 is 47.9 Å². The quantitative estimate of drug-likeness (QED) is 0.473. The molecule has 1 aromatic heterocycles. The van der Waals surface area contributed by atoms with E-state index in [2.05, 4.69) is 30.0 Å². The number of carbonyl (C=O) groups excluding carboxylic acids is 1. The molecule has 0 aliphatic heterocycles. The minimum absolute atomic E-state index is 0.131. The fourth-order valence-corrected chi connectivity index (χ4v) is 1.52. The molecule has 4 nitrogen and oxygen atoms in total. The molecule has 0 fully saturated rings. The van der Waals surface area contributed by atoms with E-state index < -0.39 is 0 Å². The molecule has 18 heavy (non-hydrogen) atoms. The molecular formula is C12H12IN3OOs-. The average molecular weight is 531 g/mol. The summed E-state index contributed by atoms with van der Waals surface area (Å²) in [6.07, 6.45) is 1.87. The van der Waals surface area contributed by atoms with E-state index in [4.69, 9.17) is 5.41 Å². The summed E-state index contributed by atoms with van der Waals surface area (Å²) in [6, 6.07) is 7.49. The van der Waals surface area contributed by atoms with Crippen LogP contribution in [0.1, 0.15) is 13.3 Å². The Kier molecular flexibility index (Phi) is 6.51. The Balaban J connectivity index is 0.000000771. The van der Waals surface area contributed by atoms with Crippen LogP contribution in [-0.4, -0.2) is 11.6 Å². The minimum atomic E-state index is -0.168. The van der Waals surface area contributed by atoms with Crippen molar-refractivity contribution in [3.05, 3.63) is 30.5 Å². The topological polar surface area (TPSA) is 67.1 Å². The third kappa shape index (κ3) is 4.50. The summed E-state index contributed by atoms with van der Waals surface area (Å²) in [4.78, 5) is 15.6. The van der Waals surface area contributed by atoms with E-state index in [0.29, 0.717) is 5.71 Å². The van der Waals surface area contributed by atoms with E-state index in [9.17, 15) is 4.79 Å². The third-order valence-corrected chi connectivity index (χ3v) is 2.21. The molecule has 0 radical (unpaired) electrons. The van der Waals surface area contributed by atoms with Gasteiger partial charge in [0.2, 0.25) is 5.91 Å². The molecule has 2 aromatic rings. The Hall–Kier alpha value is -0.734. The number of nitrogens with zero attached hydrogens (tertiary/aromatic N) is 1. The van der Waals surface area contributed by atoms with Gasteiger partial charge >= 0.3 is 34.7 Å². The van der Waals surface area contributed by atoms with Gasteiger partial charge in [0, 0.05) is 11.4 Å². The van der Waals surface area contributed by atoms with Crippen LogP contribution in [0.25, 0.3) is 10.9 Å². The zero-order valence-corrected chi connectivity index (χ0v) is 14.4. The van der Waals surface area contributed by atoms with Crippen molar-refractivity contribution in [3.63, 3.8) is 0 Å². The molecule has 0 unspecified atom stereocenters. The fourth-order valence-electron chi connectivity index (χ4n) is 1.52. The average Bonchev–Trinajstić information content (AvgIpc) is 2.77. The van der Waals surface area contributed by atoms with Gasteiger partial charge in [0.05, 0.1) is 6.42 Å². The molecule has 2 rings (SSSR count). The molecule has 1 aromatic carbocycles. The molecule has 1 amide bonds. The Morgan fingerprint density at radius 3 is 2.83 bits per heavy atom. The van der Waals surface area contributed by atoms with Crippen molar-refractivity contribution < 1.29 is 19.8 Å². The number of nitrogens with one attached hydrogen (secondary N) is 2. The van der Waals surface area contributed by atoms with Gasteiger partial charge in [-0.2, -0.15) is 6.20 Å². The molecule has 0 aliphatic carbocycles. The number of amides is 1. The van der Waals surface area contributed by atoms with Crippen molar-refractivity contribution in [2.75, 3.05) is 5.32 Å². The zero-order valence-electron chi connectivity index (χ0n) is 9.68. The van der Waals surface area contributed by atoms with Gasteiger partial charge in [-0.3, -0.25) is 4.79 Å². The first-order chi connectivity index (χ1) is 8.65. The van der Waals surface area contributed by atoms with E-state index in [-0.39, 0.29) is 12.3 Å². The van der Waals surface area contributed by atoms with Crippen molar-refractivity contribution in [2.24, 2.45) is 0 Å². The maximum atomic E-state index is 11.4. The first-order valence-corrected chi connectivity index (χ1v) is 12.3. The number of carbonyl (C=O) groups is 1. The molecule has 0 saturated heterocycles. The van der Waals surface area contributed by atoms with Gasteiger partial charge < -0.3 is 15.7 Å². The van der Waals surface area contributed by atoms with Crippen molar-refractivity contribution in [2.45, 2.75) is 13.3 Å². The molecule has 0 atom stereocenters. The number of halogens is 1. The van der Waals surface area contributed by atoms with E-state index >= 15 is 0 Å². The molecule has 97 valence electrons. The SMILES string of the molecule is CC(=N)CC(=O)Nc1ccc2cc[n-]c2c1.[I][Os]. The van der Waals surface area contributed by atoms with Crippen LogP contribution in [0, 0.1) is 5.41 Å². The second-order valence-corrected chi connectivity index (χ2v) is 3.72. The standard InChI is InChI=1S/C12H12N3O.HI.Os/c1-8(13)6-12(16)15-10-3-2-9-4-5-14-11(9)7-10;;/h2-5,7,13H,6H2,1H3,(H,15,16);1H;/q-1;;+1/p-1. The molecule has 0 bridgehead atoms. The van der Waals surface area contributed by atoms with E-state index in [1.165, 1.54) is 0 Å². The summed E-state index contributed by atoms with van der Waals surface area (Å²) >= 11 is 4.01. The number of anilines is 1. The van der Waals surface area contributed by atoms with Crippen molar-refractivity contribution in [1.82, 2.24) is 4.98 Å². The van der Waals surface area contributed by atoms with Gasteiger partial charge in [-0.05, 0) is 18.4 Å². The Bertz CT molecular complexity index is 553. The van der Waals surface area contributed by atoms with Gasteiger partial charge in [0.15, 0.2) is 0 Å². The molecular weight excluding hydrogens is 519 g/mol. The van der Waals surface area contributed by atoms with Crippen LogP contribution in [0.5, 0.6) is 0 Å². The van der Waals surface area contributed by atoms with Crippen molar-refractivity contribution in [3.8, 4) is 0 Å². The third-order valence-electron chi connectivity index (χ3n) is 2.21. The number of benzene rings is 1. The second-order valence-electron chi connectivity index (χ2n) is 3.72. The molecule has 0 spiro atoms. The molecule has 1 heterocycles. The maximum absolute atomic E-state index is 11.4. The first-order valence-electron chi connectivity index (χ1n) is 5.14. The van der Waals surface area contributed by atoms with Crippen LogP contribution in [-0.2, 0) is 19.8 Å². The summed E-state index contributed by atoms with van der Waals surface area (Å²) in [7, 11) is 0. The summed E-state index contributed by atoms with van der Waals surface area (Å²) in [5, 5.41) is 11.0. The van der Waals surface area contributed by atoms with Gasteiger partial charge in [-0.15, -0.1) is 5.52 Å². The second kappa shape index (κ2) is 7.65. The van der Waals surface area contributed by atoms with Gasteiger partial charge in [0.1, 0.15) is 0 Å². The Morgan fingerprint density at radius 2 is 2.17 bits per heavy atom. The predicted molar refractivity (Wildman–Crippen MR) is 77.9 cm³/mol. The van der Waals surface area contributed by atoms with E-state index in [1.54, 1.807) is 13.1 Å². The summed E-state index contributed by atoms with van der Waals surface area (Å²) in [5.41, 5.74) is 1.94. The molecule has 2 N–H and O–H groups in total. The van der Waals surface area contributed by atoms with Crippen LogP contribution in [0.15, 0.2) is 30.5 Å². The van der Waals surface area contributed by atoms with Gasteiger partial charge in [-0.25, -0.2) is 0 Å².